The predicted octanol–water partition coefficient (Wildman–Crippen LogP) is 14.5. The van der Waals surface area contributed by atoms with Gasteiger partial charge in [-0.1, -0.05) is 192 Å². The first-order valence-electron chi connectivity index (χ1n) is 21.6. The molecule has 0 aliphatic carbocycles. The van der Waals surface area contributed by atoms with E-state index in [0.29, 0.717) is 0 Å². The minimum atomic E-state index is -0.102. The van der Waals surface area contributed by atoms with Crippen molar-refractivity contribution in [2.24, 2.45) is 0 Å². The van der Waals surface area contributed by atoms with Crippen LogP contribution in [0.5, 0.6) is 0 Å². The van der Waals surface area contributed by atoms with Gasteiger partial charge in [0.2, 0.25) is 0 Å². The number of nitrogens with zero attached hydrogens (tertiary/aromatic N) is 1. The maximum Gasteiger partial charge on any atom is 0.0657 e. The van der Waals surface area contributed by atoms with E-state index in [0.717, 1.165) is 29.9 Å². The predicted molar refractivity (Wildman–Crippen MR) is 251 cm³/mol. The molecule has 0 aliphatic heterocycles. The Balaban J connectivity index is 1.41. The molecule has 0 saturated heterocycles. The Hall–Kier alpha value is -5.93. The molecule has 2 unspecified atom stereocenters. The van der Waals surface area contributed by atoms with E-state index >= 15 is 0 Å². The van der Waals surface area contributed by atoms with Crippen LogP contribution in [0.3, 0.4) is 0 Å². The quantitative estimate of drug-likeness (QED) is 0.108. The lowest BCUT2D eigenvalue weighted by atomic mass is 9.75. The van der Waals surface area contributed by atoms with E-state index in [1.54, 1.807) is 0 Å². The molecule has 0 aliphatic rings. The second-order valence-corrected chi connectivity index (χ2v) is 17.2. The number of anilines is 2. The van der Waals surface area contributed by atoms with Gasteiger partial charge in [0, 0.05) is 23.2 Å². The van der Waals surface area contributed by atoms with Crippen LogP contribution in [-0.2, 0) is 18.3 Å². The van der Waals surface area contributed by atoms with Gasteiger partial charge in [0.05, 0.1) is 23.5 Å². The minimum absolute atomic E-state index is 0.0149. The van der Waals surface area contributed by atoms with Crippen molar-refractivity contribution in [3.8, 4) is 0 Å². The monoisotopic (exact) mass is 775 g/mol. The number of pyridine rings is 1. The van der Waals surface area contributed by atoms with Crippen molar-refractivity contribution in [1.29, 1.82) is 0 Å². The highest BCUT2D eigenvalue weighted by Gasteiger charge is 2.30. The highest BCUT2D eigenvalue weighted by Crippen LogP contribution is 2.46. The Morgan fingerprint density at radius 3 is 1.17 bits per heavy atom. The Bertz CT molecular complexity index is 2220. The molecule has 1 aromatic heterocycles. The molecule has 1 heterocycles. The Kier molecular flexibility index (Phi) is 12.8. The molecule has 3 heteroatoms. The van der Waals surface area contributed by atoms with Crippen LogP contribution in [0.25, 0.3) is 0 Å². The number of hydrogen-bond acceptors (Lipinski definition) is 3. The molecule has 59 heavy (non-hydrogen) atoms. The van der Waals surface area contributed by atoms with E-state index in [-0.39, 0.29) is 29.3 Å². The maximum absolute atomic E-state index is 5.41. The Morgan fingerprint density at radius 2 is 0.831 bits per heavy atom. The fourth-order valence-electron chi connectivity index (χ4n) is 8.64. The van der Waals surface area contributed by atoms with Crippen molar-refractivity contribution >= 4 is 11.4 Å². The van der Waals surface area contributed by atoms with E-state index in [1.165, 1.54) is 61.3 Å². The SMILES string of the molecule is CCc1cc(C)cc(CC)c1NC(C)c1cccc(C(C)Nc2c(C(c3ccccc3)c3ccccc3)cc(C(C)(C)C)cc2C(c2ccccc2)c2ccccc2)n1. The van der Waals surface area contributed by atoms with Gasteiger partial charge in [0.1, 0.15) is 0 Å². The minimum Gasteiger partial charge on any atom is -0.377 e. The van der Waals surface area contributed by atoms with Gasteiger partial charge >= 0.3 is 0 Å². The molecule has 300 valence electrons. The number of benzene rings is 6. The first-order valence-corrected chi connectivity index (χ1v) is 21.6. The molecular formula is C56H61N3. The molecule has 3 nitrogen and oxygen atoms in total. The number of aromatic nitrogens is 1. The van der Waals surface area contributed by atoms with Gasteiger partial charge < -0.3 is 10.6 Å². The summed E-state index contributed by atoms with van der Waals surface area (Å²) in [5.74, 6) is -0.0298. The summed E-state index contributed by atoms with van der Waals surface area (Å²) in [6, 6.07) is 60.1. The highest BCUT2D eigenvalue weighted by molar-refractivity contribution is 5.69. The van der Waals surface area contributed by atoms with Crippen molar-refractivity contribution < 1.29 is 0 Å². The van der Waals surface area contributed by atoms with E-state index in [9.17, 15) is 0 Å². The average molecular weight is 776 g/mol. The smallest absolute Gasteiger partial charge is 0.0657 e. The lowest BCUT2D eigenvalue weighted by Crippen LogP contribution is -2.20. The number of aryl methyl sites for hydroxylation is 3. The first-order chi connectivity index (χ1) is 28.5. The summed E-state index contributed by atoms with van der Waals surface area (Å²) in [6.45, 7) is 18.2. The molecule has 0 spiro atoms. The van der Waals surface area contributed by atoms with Crippen LogP contribution in [-0.4, -0.2) is 4.98 Å². The first kappa shape index (κ1) is 41.2. The summed E-state index contributed by atoms with van der Waals surface area (Å²) in [5, 5.41) is 8.09. The van der Waals surface area contributed by atoms with Crippen LogP contribution in [0, 0.1) is 6.92 Å². The molecular weight excluding hydrogens is 715 g/mol. The van der Waals surface area contributed by atoms with E-state index < -0.39 is 0 Å². The van der Waals surface area contributed by atoms with E-state index in [4.69, 9.17) is 4.98 Å². The second-order valence-electron chi connectivity index (χ2n) is 17.2. The normalized spacial score (nSPS) is 12.7. The number of rotatable bonds is 14. The molecule has 0 bridgehead atoms. The van der Waals surface area contributed by atoms with Gasteiger partial charge in [-0.3, -0.25) is 4.98 Å². The van der Waals surface area contributed by atoms with Gasteiger partial charge in [-0.05, 0) is 101 Å². The lowest BCUT2D eigenvalue weighted by Gasteiger charge is -2.33. The topological polar surface area (TPSA) is 37.0 Å². The largest absolute Gasteiger partial charge is 0.377 e. The summed E-state index contributed by atoms with van der Waals surface area (Å²) in [4.78, 5) is 5.41. The average Bonchev–Trinajstić information content (AvgIpc) is 3.26. The van der Waals surface area contributed by atoms with E-state index in [2.05, 4.69) is 230 Å². The van der Waals surface area contributed by atoms with Crippen LogP contribution in [0.15, 0.2) is 164 Å². The molecule has 0 radical (unpaired) electrons. The lowest BCUT2D eigenvalue weighted by molar-refractivity contribution is 0.587. The summed E-state index contributed by atoms with van der Waals surface area (Å²) in [6.07, 6.45) is 1.97. The maximum atomic E-state index is 5.41. The summed E-state index contributed by atoms with van der Waals surface area (Å²) in [7, 11) is 0. The van der Waals surface area contributed by atoms with Crippen LogP contribution >= 0.6 is 0 Å². The van der Waals surface area contributed by atoms with Crippen LogP contribution in [0.2, 0.25) is 0 Å². The second kappa shape index (κ2) is 18.3. The highest BCUT2D eigenvalue weighted by atomic mass is 15.0. The van der Waals surface area contributed by atoms with Crippen molar-refractivity contribution in [3.05, 3.63) is 231 Å². The zero-order valence-corrected chi connectivity index (χ0v) is 36.3. The van der Waals surface area contributed by atoms with Gasteiger partial charge in [-0.25, -0.2) is 0 Å². The summed E-state index contributed by atoms with van der Waals surface area (Å²) < 4.78 is 0. The third-order valence-corrected chi connectivity index (χ3v) is 11.8. The van der Waals surface area contributed by atoms with Gasteiger partial charge in [0.25, 0.3) is 0 Å². The van der Waals surface area contributed by atoms with Gasteiger partial charge in [-0.15, -0.1) is 0 Å². The molecule has 7 aromatic rings. The molecule has 2 atom stereocenters. The van der Waals surface area contributed by atoms with E-state index in [1.807, 2.05) is 0 Å². The fraction of sp³-hybridized carbons (Fsp3) is 0.268. The van der Waals surface area contributed by atoms with Crippen molar-refractivity contribution in [3.63, 3.8) is 0 Å². The molecule has 7 rings (SSSR count). The zero-order chi connectivity index (χ0) is 41.5. The Morgan fingerprint density at radius 1 is 0.475 bits per heavy atom. The van der Waals surface area contributed by atoms with Gasteiger partial charge in [0.15, 0.2) is 0 Å². The zero-order valence-electron chi connectivity index (χ0n) is 36.3. The Labute approximate surface area is 354 Å². The number of hydrogen-bond donors (Lipinski definition) is 2. The van der Waals surface area contributed by atoms with Crippen LogP contribution in [0.1, 0.15) is 139 Å². The molecule has 0 saturated carbocycles. The van der Waals surface area contributed by atoms with Crippen molar-refractivity contribution in [1.82, 2.24) is 4.98 Å². The number of nitrogens with one attached hydrogen (secondary N) is 2. The van der Waals surface area contributed by atoms with Crippen LogP contribution < -0.4 is 10.6 Å². The van der Waals surface area contributed by atoms with Crippen molar-refractivity contribution in [2.75, 3.05) is 10.6 Å². The van der Waals surface area contributed by atoms with Crippen molar-refractivity contribution in [2.45, 2.75) is 97.6 Å². The van der Waals surface area contributed by atoms with Crippen LogP contribution in [0.4, 0.5) is 11.4 Å². The molecule has 0 fully saturated rings. The summed E-state index contributed by atoms with van der Waals surface area (Å²) in [5.41, 5.74) is 17.2. The van der Waals surface area contributed by atoms with Gasteiger partial charge in [-0.2, -0.15) is 0 Å². The molecule has 2 N–H and O–H groups in total. The summed E-state index contributed by atoms with van der Waals surface area (Å²) >= 11 is 0. The standard InChI is InChI=1S/C56H61N3/c1-9-41-34-38(3)35-42(10-2)54(41)57-39(4)50-32-23-33-51(59-50)40(5)58-55-48(52(43-24-15-11-16-25-43)44-26-17-12-18-27-44)36-47(56(6,7)8)37-49(55)53(45-28-19-13-20-29-45)46-30-21-14-22-31-46/h11-37,39-40,52-53,57-58H,9-10H2,1-8H3. The third kappa shape index (κ3) is 9.36. The molecule has 0 amide bonds. The fourth-order valence-corrected chi connectivity index (χ4v) is 8.64. The third-order valence-electron chi connectivity index (χ3n) is 11.8. The molecule has 6 aromatic carbocycles.